The number of aromatic nitrogens is 2. The summed E-state index contributed by atoms with van der Waals surface area (Å²) in [7, 11) is 0. The Kier molecular flexibility index (Phi) is 5.60. The Morgan fingerprint density at radius 1 is 1.33 bits per heavy atom. The molecule has 0 aliphatic heterocycles. The van der Waals surface area contributed by atoms with Crippen LogP contribution < -0.4 is 5.32 Å². The fourth-order valence-corrected chi connectivity index (χ4v) is 3.24. The zero-order valence-electron chi connectivity index (χ0n) is 11.3. The lowest BCUT2D eigenvalue weighted by molar-refractivity contribution is -0.138. The van der Waals surface area contributed by atoms with Crippen molar-refractivity contribution < 1.29 is 13.2 Å². The van der Waals surface area contributed by atoms with E-state index in [9.17, 15) is 13.2 Å². The van der Waals surface area contributed by atoms with Gasteiger partial charge >= 0.3 is 6.18 Å². The summed E-state index contributed by atoms with van der Waals surface area (Å²) in [5.74, 6) is 0. The minimum atomic E-state index is -4.36. The molecule has 0 unspecified atom stereocenters. The quantitative estimate of drug-likeness (QED) is 0.804. The SMILES string of the molecule is CCCNCc1ccc(Sc2nncs2)cc1C(F)(F)F. The molecule has 8 heteroatoms. The standard InChI is InChI=1S/C13H14F3N3S2/c1-2-5-17-7-9-3-4-10(6-11(9)13(14,15)16)21-12-19-18-8-20-12/h3-4,6,8,17H,2,5,7H2,1H3. The molecule has 1 N–H and O–H groups in total. The van der Waals surface area contributed by atoms with Crippen molar-refractivity contribution in [2.75, 3.05) is 6.54 Å². The van der Waals surface area contributed by atoms with Gasteiger partial charge in [0.1, 0.15) is 5.51 Å². The van der Waals surface area contributed by atoms with Gasteiger partial charge in [0.15, 0.2) is 4.34 Å². The van der Waals surface area contributed by atoms with Gasteiger partial charge < -0.3 is 5.32 Å². The van der Waals surface area contributed by atoms with Crippen LogP contribution in [0.1, 0.15) is 24.5 Å². The van der Waals surface area contributed by atoms with Crippen LogP contribution in [0.15, 0.2) is 32.9 Å². The van der Waals surface area contributed by atoms with E-state index in [0.29, 0.717) is 15.8 Å². The van der Waals surface area contributed by atoms with Crippen LogP contribution in [0.25, 0.3) is 0 Å². The van der Waals surface area contributed by atoms with Gasteiger partial charge in [-0.2, -0.15) is 13.2 Å². The highest BCUT2D eigenvalue weighted by Crippen LogP contribution is 2.36. The van der Waals surface area contributed by atoms with Crippen LogP contribution >= 0.6 is 23.1 Å². The summed E-state index contributed by atoms with van der Waals surface area (Å²) in [5, 5.41) is 10.5. The second-order valence-electron chi connectivity index (χ2n) is 4.30. The Bertz CT molecular complexity index is 571. The zero-order valence-corrected chi connectivity index (χ0v) is 12.9. The summed E-state index contributed by atoms with van der Waals surface area (Å²) in [5.41, 5.74) is 1.22. The smallest absolute Gasteiger partial charge is 0.313 e. The van der Waals surface area contributed by atoms with Gasteiger partial charge in [0.2, 0.25) is 0 Å². The summed E-state index contributed by atoms with van der Waals surface area (Å²) in [4.78, 5) is 0.512. The molecule has 1 aromatic heterocycles. The minimum Gasteiger partial charge on any atom is -0.313 e. The van der Waals surface area contributed by atoms with Crippen LogP contribution in [-0.4, -0.2) is 16.7 Å². The molecule has 114 valence electrons. The maximum absolute atomic E-state index is 13.2. The molecule has 0 amide bonds. The van der Waals surface area contributed by atoms with E-state index >= 15 is 0 Å². The number of hydrogen-bond acceptors (Lipinski definition) is 5. The van der Waals surface area contributed by atoms with Gasteiger partial charge in [0.25, 0.3) is 0 Å². The number of alkyl halides is 3. The molecule has 0 fully saturated rings. The molecule has 0 aliphatic carbocycles. The Hall–Kier alpha value is -1.12. The molecule has 0 bridgehead atoms. The lowest BCUT2D eigenvalue weighted by Gasteiger charge is -2.14. The Morgan fingerprint density at radius 2 is 2.14 bits per heavy atom. The van der Waals surface area contributed by atoms with Crippen molar-refractivity contribution >= 4 is 23.1 Å². The number of nitrogens with one attached hydrogen (secondary N) is 1. The molecule has 0 radical (unpaired) electrons. The highest BCUT2D eigenvalue weighted by molar-refractivity contribution is 8.01. The van der Waals surface area contributed by atoms with Crippen molar-refractivity contribution in [1.82, 2.24) is 15.5 Å². The van der Waals surface area contributed by atoms with E-state index < -0.39 is 11.7 Å². The van der Waals surface area contributed by atoms with Crippen LogP contribution in [0.4, 0.5) is 13.2 Å². The summed E-state index contributed by atoms with van der Waals surface area (Å²) in [6, 6.07) is 4.38. The van der Waals surface area contributed by atoms with E-state index in [1.807, 2.05) is 6.92 Å². The first-order chi connectivity index (χ1) is 10.0. The predicted octanol–water partition coefficient (Wildman–Crippen LogP) is 4.21. The van der Waals surface area contributed by atoms with E-state index in [1.54, 1.807) is 11.6 Å². The van der Waals surface area contributed by atoms with E-state index in [1.165, 1.54) is 35.2 Å². The van der Waals surface area contributed by atoms with Crippen LogP contribution in [0.3, 0.4) is 0 Å². The topological polar surface area (TPSA) is 37.8 Å². The lowest BCUT2D eigenvalue weighted by Crippen LogP contribution is -2.18. The molecule has 0 saturated carbocycles. The third-order valence-corrected chi connectivity index (χ3v) is 4.44. The highest BCUT2D eigenvalue weighted by Gasteiger charge is 2.33. The van der Waals surface area contributed by atoms with E-state index in [0.717, 1.165) is 6.42 Å². The number of benzene rings is 1. The Labute approximate surface area is 129 Å². The molecule has 21 heavy (non-hydrogen) atoms. The molecule has 1 aromatic carbocycles. The summed E-state index contributed by atoms with van der Waals surface area (Å²) in [6.07, 6.45) is -3.48. The molecule has 0 spiro atoms. The second-order valence-corrected chi connectivity index (χ2v) is 6.45. The van der Waals surface area contributed by atoms with Crippen LogP contribution in [0, 0.1) is 0 Å². The van der Waals surface area contributed by atoms with E-state index in [-0.39, 0.29) is 12.1 Å². The van der Waals surface area contributed by atoms with Crippen LogP contribution in [-0.2, 0) is 12.7 Å². The van der Waals surface area contributed by atoms with E-state index in [4.69, 9.17) is 0 Å². The first kappa shape index (κ1) is 16.3. The van der Waals surface area contributed by atoms with Gasteiger partial charge in [0, 0.05) is 11.4 Å². The minimum absolute atomic E-state index is 0.215. The maximum atomic E-state index is 13.2. The summed E-state index contributed by atoms with van der Waals surface area (Å²) in [6.45, 7) is 2.88. The molecule has 0 atom stereocenters. The Morgan fingerprint density at radius 3 is 2.76 bits per heavy atom. The van der Waals surface area contributed by atoms with Crippen molar-refractivity contribution in [3.63, 3.8) is 0 Å². The van der Waals surface area contributed by atoms with Crippen molar-refractivity contribution in [1.29, 1.82) is 0 Å². The average molecular weight is 333 g/mol. The zero-order chi connectivity index (χ0) is 15.3. The third-order valence-electron chi connectivity index (χ3n) is 2.67. The van der Waals surface area contributed by atoms with Gasteiger partial charge in [0.05, 0.1) is 5.56 Å². The van der Waals surface area contributed by atoms with Crippen molar-refractivity contribution in [2.45, 2.75) is 35.3 Å². The molecular formula is C13H14F3N3S2. The van der Waals surface area contributed by atoms with Crippen molar-refractivity contribution in [2.24, 2.45) is 0 Å². The van der Waals surface area contributed by atoms with Crippen LogP contribution in [0.5, 0.6) is 0 Å². The molecule has 2 rings (SSSR count). The third kappa shape index (κ3) is 4.69. The molecule has 2 aromatic rings. The highest BCUT2D eigenvalue weighted by atomic mass is 32.2. The molecule has 0 aliphatic rings. The maximum Gasteiger partial charge on any atom is 0.416 e. The molecular weight excluding hydrogens is 319 g/mol. The van der Waals surface area contributed by atoms with Gasteiger partial charge in [-0.25, -0.2) is 0 Å². The number of hydrogen-bond donors (Lipinski definition) is 1. The monoisotopic (exact) mass is 333 g/mol. The second kappa shape index (κ2) is 7.24. The molecule has 1 heterocycles. The number of rotatable bonds is 6. The fourth-order valence-electron chi connectivity index (χ4n) is 1.75. The molecule has 0 saturated heterocycles. The van der Waals surface area contributed by atoms with Crippen molar-refractivity contribution in [3.05, 3.63) is 34.8 Å². The summed E-state index contributed by atoms with van der Waals surface area (Å²) < 4.78 is 40.1. The lowest BCUT2D eigenvalue weighted by atomic mass is 10.1. The summed E-state index contributed by atoms with van der Waals surface area (Å²) >= 11 is 2.49. The van der Waals surface area contributed by atoms with E-state index in [2.05, 4.69) is 15.5 Å². The van der Waals surface area contributed by atoms with Gasteiger partial charge in [-0.3, -0.25) is 0 Å². The fraction of sp³-hybridized carbons (Fsp3) is 0.385. The van der Waals surface area contributed by atoms with Gasteiger partial charge in [-0.1, -0.05) is 36.1 Å². The number of nitrogens with zero attached hydrogens (tertiary/aromatic N) is 2. The Balaban J connectivity index is 2.22. The van der Waals surface area contributed by atoms with Gasteiger partial charge in [-0.15, -0.1) is 10.2 Å². The number of halogens is 3. The average Bonchev–Trinajstić information content (AvgIpc) is 2.92. The molecule has 3 nitrogen and oxygen atoms in total. The normalized spacial score (nSPS) is 11.8. The largest absolute Gasteiger partial charge is 0.416 e. The first-order valence-corrected chi connectivity index (χ1v) is 8.05. The van der Waals surface area contributed by atoms with Crippen LogP contribution in [0.2, 0.25) is 0 Å². The first-order valence-electron chi connectivity index (χ1n) is 6.35. The van der Waals surface area contributed by atoms with Gasteiger partial charge in [-0.05, 0) is 30.7 Å². The van der Waals surface area contributed by atoms with Crippen molar-refractivity contribution in [3.8, 4) is 0 Å². The predicted molar refractivity (Wildman–Crippen MR) is 77.5 cm³/mol.